The van der Waals surface area contributed by atoms with Crippen LogP contribution in [0.5, 0.6) is 0 Å². The highest BCUT2D eigenvalue weighted by molar-refractivity contribution is 4.86. The van der Waals surface area contributed by atoms with Gasteiger partial charge in [0.1, 0.15) is 5.83 Å². The fourth-order valence-electron chi connectivity index (χ4n) is 0.0913. The molecule has 0 rings (SSSR count). The summed E-state index contributed by atoms with van der Waals surface area (Å²) in [5, 5.41) is 7.89. The summed E-state index contributed by atoms with van der Waals surface area (Å²) in [5.41, 5.74) is 0. The van der Waals surface area contributed by atoms with Crippen molar-refractivity contribution >= 4 is 0 Å². The molecule has 0 unspecified atom stereocenters. The van der Waals surface area contributed by atoms with Gasteiger partial charge in [-0.1, -0.05) is 6.08 Å². The molecule has 0 radical (unpaired) electrons. The van der Waals surface area contributed by atoms with Crippen molar-refractivity contribution in [2.24, 2.45) is 0 Å². The second kappa shape index (κ2) is 2.85. The van der Waals surface area contributed by atoms with E-state index < -0.39 is 12.4 Å². The first-order valence-electron chi connectivity index (χ1n) is 1.72. The third-order valence-electron chi connectivity index (χ3n) is 0.464. The molecule has 6 heavy (non-hydrogen) atoms. The molecule has 0 saturated heterocycles. The lowest BCUT2D eigenvalue weighted by Gasteiger charge is -1.79. The zero-order chi connectivity index (χ0) is 4.99. The van der Waals surface area contributed by atoms with Gasteiger partial charge in [0.25, 0.3) is 0 Å². The molecule has 0 aliphatic carbocycles. The maximum Gasteiger partial charge on any atom is 0.121 e. The van der Waals surface area contributed by atoms with Gasteiger partial charge in [-0.05, 0) is 6.92 Å². The number of rotatable bonds is 1. The van der Waals surface area contributed by atoms with E-state index in [1.165, 1.54) is 13.0 Å². The zero-order valence-corrected chi connectivity index (χ0v) is 3.61. The van der Waals surface area contributed by atoms with Crippen LogP contribution in [-0.4, -0.2) is 11.7 Å². The molecular formula is C4H7FO. The average Bonchev–Trinajstić information content (AvgIpc) is 1.65. The summed E-state index contributed by atoms with van der Waals surface area (Å²) < 4.78 is 11.5. The molecule has 0 spiro atoms. The number of hydrogen-bond donors (Lipinski definition) is 1. The van der Waals surface area contributed by atoms with E-state index in [4.69, 9.17) is 5.11 Å². The van der Waals surface area contributed by atoms with Crippen molar-refractivity contribution in [3.63, 3.8) is 0 Å². The lowest BCUT2D eigenvalue weighted by Crippen LogP contribution is -1.77. The smallest absolute Gasteiger partial charge is 0.121 e. The Hall–Kier alpha value is -0.370. The summed E-state index contributed by atoms with van der Waals surface area (Å²) in [6.07, 6.45) is 1.22. The quantitative estimate of drug-likeness (QED) is 0.506. The fourth-order valence-corrected chi connectivity index (χ4v) is 0.0913. The first-order chi connectivity index (χ1) is 2.81. The maximum atomic E-state index is 11.5. The number of aliphatic hydroxyl groups excluding tert-OH is 1. The minimum Gasteiger partial charge on any atom is -0.389 e. The van der Waals surface area contributed by atoms with Gasteiger partial charge in [0.05, 0.1) is 6.61 Å². The second-order valence-corrected chi connectivity index (χ2v) is 0.894. The molecule has 36 valence electrons. The molecule has 0 aromatic heterocycles. The Bertz CT molecular complexity index is 58.6. The Morgan fingerprint density at radius 3 is 2.50 bits per heavy atom. The molecule has 0 heterocycles. The van der Waals surface area contributed by atoms with Gasteiger partial charge in [0.2, 0.25) is 0 Å². The SMILES string of the molecule is C/C=C(/F)CO. The van der Waals surface area contributed by atoms with E-state index >= 15 is 0 Å². The van der Waals surface area contributed by atoms with Crippen molar-refractivity contribution in [1.82, 2.24) is 0 Å². The standard InChI is InChI=1S/C4H7FO/c1-2-4(5)3-6/h2,6H,3H2,1H3/b4-2+. The molecule has 0 fully saturated rings. The average molecular weight is 90.1 g/mol. The summed E-state index contributed by atoms with van der Waals surface area (Å²) in [6.45, 7) is 1.06. The summed E-state index contributed by atoms with van der Waals surface area (Å²) in [5.74, 6) is -0.477. The molecule has 0 aromatic rings. The van der Waals surface area contributed by atoms with Crippen molar-refractivity contribution in [3.8, 4) is 0 Å². The lowest BCUT2D eigenvalue weighted by atomic mass is 10.5. The molecule has 0 amide bonds. The molecule has 0 atom stereocenters. The van der Waals surface area contributed by atoms with Crippen LogP contribution in [-0.2, 0) is 0 Å². The van der Waals surface area contributed by atoms with Crippen molar-refractivity contribution in [1.29, 1.82) is 0 Å². The second-order valence-electron chi connectivity index (χ2n) is 0.894. The Balaban J connectivity index is 3.22. The number of allylic oxidation sites excluding steroid dienone is 1. The minimum absolute atomic E-state index is 0.476. The molecule has 0 saturated carbocycles. The Morgan fingerprint density at radius 2 is 2.50 bits per heavy atom. The van der Waals surface area contributed by atoms with Crippen molar-refractivity contribution in [2.75, 3.05) is 6.61 Å². The Kier molecular flexibility index (Phi) is 2.67. The van der Waals surface area contributed by atoms with Gasteiger partial charge < -0.3 is 5.11 Å². The van der Waals surface area contributed by atoms with Gasteiger partial charge in [0.15, 0.2) is 0 Å². The fraction of sp³-hybridized carbons (Fsp3) is 0.500. The number of hydrogen-bond acceptors (Lipinski definition) is 1. The predicted molar refractivity (Wildman–Crippen MR) is 22.0 cm³/mol. The maximum absolute atomic E-state index is 11.5. The molecule has 2 heteroatoms. The van der Waals surface area contributed by atoms with Crippen LogP contribution in [0.25, 0.3) is 0 Å². The van der Waals surface area contributed by atoms with E-state index in [0.717, 1.165) is 0 Å². The largest absolute Gasteiger partial charge is 0.389 e. The molecule has 0 aliphatic rings. The summed E-state index contributed by atoms with van der Waals surface area (Å²) >= 11 is 0. The highest BCUT2D eigenvalue weighted by Crippen LogP contribution is 1.89. The molecular weight excluding hydrogens is 83.0 g/mol. The van der Waals surface area contributed by atoms with Crippen LogP contribution in [0.2, 0.25) is 0 Å². The minimum atomic E-state index is -0.477. The van der Waals surface area contributed by atoms with E-state index in [0.29, 0.717) is 0 Å². The molecule has 0 aromatic carbocycles. The Morgan fingerprint density at radius 1 is 2.00 bits per heavy atom. The van der Waals surface area contributed by atoms with Gasteiger partial charge in [-0.2, -0.15) is 0 Å². The van der Waals surface area contributed by atoms with Crippen LogP contribution >= 0.6 is 0 Å². The van der Waals surface area contributed by atoms with Crippen LogP contribution in [0.3, 0.4) is 0 Å². The lowest BCUT2D eigenvalue weighted by molar-refractivity contribution is 0.298. The molecule has 0 aliphatic heterocycles. The van der Waals surface area contributed by atoms with E-state index in [9.17, 15) is 4.39 Å². The van der Waals surface area contributed by atoms with Crippen molar-refractivity contribution in [2.45, 2.75) is 6.92 Å². The van der Waals surface area contributed by atoms with Gasteiger partial charge in [-0.15, -0.1) is 0 Å². The van der Waals surface area contributed by atoms with Crippen LogP contribution in [0.4, 0.5) is 4.39 Å². The van der Waals surface area contributed by atoms with Gasteiger partial charge in [-0.25, -0.2) is 4.39 Å². The van der Waals surface area contributed by atoms with Crippen LogP contribution in [0.1, 0.15) is 6.92 Å². The van der Waals surface area contributed by atoms with E-state index in [1.54, 1.807) is 0 Å². The monoisotopic (exact) mass is 90.0 g/mol. The van der Waals surface area contributed by atoms with E-state index in [2.05, 4.69) is 0 Å². The van der Waals surface area contributed by atoms with Crippen molar-refractivity contribution in [3.05, 3.63) is 11.9 Å². The summed E-state index contributed by atoms with van der Waals surface area (Å²) in [7, 11) is 0. The summed E-state index contributed by atoms with van der Waals surface area (Å²) in [4.78, 5) is 0. The van der Waals surface area contributed by atoms with Crippen molar-refractivity contribution < 1.29 is 9.50 Å². The van der Waals surface area contributed by atoms with Gasteiger partial charge >= 0.3 is 0 Å². The molecule has 1 nitrogen and oxygen atoms in total. The predicted octanol–water partition coefficient (Wildman–Crippen LogP) is 0.852. The van der Waals surface area contributed by atoms with Gasteiger partial charge in [-0.3, -0.25) is 0 Å². The topological polar surface area (TPSA) is 20.2 Å². The van der Waals surface area contributed by atoms with Crippen LogP contribution in [0.15, 0.2) is 11.9 Å². The third-order valence-corrected chi connectivity index (χ3v) is 0.464. The first kappa shape index (κ1) is 5.63. The van der Waals surface area contributed by atoms with Crippen LogP contribution in [0, 0.1) is 0 Å². The highest BCUT2D eigenvalue weighted by atomic mass is 19.1. The van der Waals surface area contributed by atoms with Gasteiger partial charge in [0, 0.05) is 0 Å². The number of aliphatic hydroxyl groups is 1. The summed E-state index contributed by atoms with van der Waals surface area (Å²) in [6, 6.07) is 0. The Labute approximate surface area is 36.1 Å². The third kappa shape index (κ3) is 1.91. The van der Waals surface area contributed by atoms with Crippen LogP contribution < -0.4 is 0 Å². The first-order valence-corrected chi connectivity index (χ1v) is 1.72. The highest BCUT2D eigenvalue weighted by Gasteiger charge is 1.80. The van der Waals surface area contributed by atoms with E-state index in [-0.39, 0.29) is 0 Å². The zero-order valence-electron chi connectivity index (χ0n) is 3.61. The van der Waals surface area contributed by atoms with E-state index in [1.807, 2.05) is 0 Å². The normalized spacial score (nSPS) is 12.2. The number of halogens is 1. The molecule has 0 bridgehead atoms. The molecule has 1 N–H and O–H groups in total.